The van der Waals surface area contributed by atoms with Crippen LogP contribution in [-0.4, -0.2) is 83.7 Å². The first-order chi connectivity index (χ1) is 18.7. The lowest BCUT2D eigenvalue weighted by molar-refractivity contribution is -0.134. The van der Waals surface area contributed by atoms with Gasteiger partial charge in [0.05, 0.1) is 7.11 Å². The molecular weight excluding hydrogens is 498 g/mol. The topological polar surface area (TPSA) is 111 Å². The van der Waals surface area contributed by atoms with E-state index < -0.39 is 11.9 Å². The van der Waals surface area contributed by atoms with Crippen molar-refractivity contribution in [1.29, 1.82) is 0 Å². The summed E-state index contributed by atoms with van der Waals surface area (Å²) in [5, 5.41) is 15.6. The van der Waals surface area contributed by atoms with E-state index in [2.05, 4.69) is 41.0 Å². The van der Waals surface area contributed by atoms with E-state index in [0.717, 1.165) is 61.7 Å². The lowest BCUT2D eigenvalue weighted by atomic mass is 10.0. The van der Waals surface area contributed by atoms with Crippen molar-refractivity contribution in [1.82, 2.24) is 9.80 Å². The Morgan fingerprint density at radius 3 is 2.00 bits per heavy atom. The second kappa shape index (κ2) is 16.2. The third-order valence-corrected chi connectivity index (χ3v) is 6.61. The summed E-state index contributed by atoms with van der Waals surface area (Å²) in [5.74, 6) is -1.56. The molecule has 9 nitrogen and oxygen atoms in total. The van der Waals surface area contributed by atoms with Crippen molar-refractivity contribution in [3.63, 3.8) is 0 Å². The molecule has 0 radical (unpaired) electrons. The van der Waals surface area contributed by atoms with Crippen LogP contribution in [0.1, 0.15) is 50.4 Å². The highest BCUT2D eigenvalue weighted by Crippen LogP contribution is 2.34. The standard InChI is InChI=1S/C26H37N3O2.C4H4O4/c1-5-17-27-18-15-23(16-19-27)29(24-9-8-10-25(20-24)31-4)22-13-11-21(12-14-22)26(30)28(6-2)7-3;5-3(6)1-2-4(7)8/h8-14,20,23H,5-7,15-19H2,1-4H3;1-2H,(H,5,6)(H,7,8). The fourth-order valence-corrected chi connectivity index (χ4v) is 4.65. The number of carboxylic acids is 2. The zero-order valence-electron chi connectivity index (χ0n) is 23.4. The second-order valence-electron chi connectivity index (χ2n) is 9.18. The average molecular weight is 540 g/mol. The summed E-state index contributed by atoms with van der Waals surface area (Å²) in [5.41, 5.74) is 3.00. The van der Waals surface area contributed by atoms with Gasteiger partial charge in [0.15, 0.2) is 0 Å². The molecule has 1 amide bonds. The molecule has 212 valence electrons. The number of likely N-dealkylation sites (tertiary alicyclic amines) is 1. The molecular formula is C30H41N3O6. The van der Waals surface area contributed by atoms with Crippen LogP contribution >= 0.6 is 0 Å². The highest BCUT2D eigenvalue weighted by molar-refractivity contribution is 5.94. The van der Waals surface area contributed by atoms with Gasteiger partial charge in [-0.05, 0) is 76.1 Å². The molecule has 0 unspecified atom stereocenters. The SMILES string of the molecule is CCCN1CCC(N(c2ccc(C(=O)N(CC)CC)cc2)c2cccc(OC)c2)CC1.O=C(O)C=CC(=O)O. The average Bonchev–Trinajstić information content (AvgIpc) is 2.94. The number of anilines is 2. The van der Waals surface area contributed by atoms with E-state index in [1.54, 1.807) is 7.11 Å². The molecule has 2 aromatic carbocycles. The Hall–Kier alpha value is -3.85. The van der Waals surface area contributed by atoms with Gasteiger partial charge in [0, 0.05) is 67.4 Å². The summed E-state index contributed by atoms with van der Waals surface area (Å²) in [6, 6.07) is 16.8. The van der Waals surface area contributed by atoms with Crippen LogP contribution in [0.2, 0.25) is 0 Å². The predicted molar refractivity (Wildman–Crippen MR) is 153 cm³/mol. The summed E-state index contributed by atoms with van der Waals surface area (Å²) >= 11 is 0. The first-order valence-electron chi connectivity index (χ1n) is 13.4. The van der Waals surface area contributed by atoms with Crippen molar-refractivity contribution in [2.75, 3.05) is 44.7 Å². The molecule has 0 atom stereocenters. The second-order valence-corrected chi connectivity index (χ2v) is 9.18. The monoisotopic (exact) mass is 539 g/mol. The molecule has 1 heterocycles. The Labute approximate surface area is 231 Å². The number of carboxylic acid groups (broad SMARTS) is 2. The van der Waals surface area contributed by atoms with Crippen molar-refractivity contribution >= 4 is 29.2 Å². The van der Waals surface area contributed by atoms with Crippen LogP contribution in [0.25, 0.3) is 0 Å². The summed E-state index contributed by atoms with van der Waals surface area (Å²) in [6.07, 6.45) is 4.56. The largest absolute Gasteiger partial charge is 0.497 e. The Balaban J connectivity index is 0.000000580. The fourth-order valence-electron chi connectivity index (χ4n) is 4.65. The Morgan fingerprint density at radius 2 is 1.51 bits per heavy atom. The number of hydrogen-bond donors (Lipinski definition) is 2. The van der Waals surface area contributed by atoms with E-state index >= 15 is 0 Å². The van der Waals surface area contributed by atoms with Crippen LogP contribution in [0.3, 0.4) is 0 Å². The Bertz CT molecular complexity index is 1070. The van der Waals surface area contributed by atoms with Crippen molar-refractivity contribution in [2.24, 2.45) is 0 Å². The molecule has 2 aromatic rings. The van der Waals surface area contributed by atoms with E-state index in [9.17, 15) is 14.4 Å². The normalized spacial score (nSPS) is 13.8. The molecule has 1 aliphatic rings. The molecule has 0 aliphatic carbocycles. The van der Waals surface area contributed by atoms with Gasteiger partial charge in [-0.25, -0.2) is 9.59 Å². The number of ether oxygens (including phenoxy) is 1. The minimum absolute atomic E-state index is 0.0948. The molecule has 0 bridgehead atoms. The van der Waals surface area contributed by atoms with Gasteiger partial charge in [-0.2, -0.15) is 0 Å². The Kier molecular flexibility index (Phi) is 13.0. The third kappa shape index (κ3) is 9.76. The van der Waals surface area contributed by atoms with Crippen LogP contribution in [0.5, 0.6) is 5.75 Å². The quantitative estimate of drug-likeness (QED) is 0.388. The number of carbonyl (C=O) groups is 3. The van der Waals surface area contributed by atoms with Gasteiger partial charge in [0.1, 0.15) is 5.75 Å². The fraction of sp³-hybridized carbons (Fsp3) is 0.433. The molecule has 0 aromatic heterocycles. The van der Waals surface area contributed by atoms with E-state index in [4.69, 9.17) is 14.9 Å². The van der Waals surface area contributed by atoms with E-state index in [1.165, 1.54) is 13.0 Å². The van der Waals surface area contributed by atoms with Gasteiger partial charge in [-0.1, -0.05) is 13.0 Å². The van der Waals surface area contributed by atoms with Crippen LogP contribution in [-0.2, 0) is 9.59 Å². The van der Waals surface area contributed by atoms with Crippen molar-refractivity contribution in [2.45, 2.75) is 46.1 Å². The molecule has 0 saturated carbocycles. The maximum atomic E-state index is 12.7. The molecule has 2 N–H and O–H groups in total. The van der Waals surface area contributed by atoms with Gasteiger partial charge in [0.25, 0.3) is 5.91 Å². The molecule has 39 heavy (non-hydrogen) atoms. The molecule has 3 rings (SSSR count). The first-order valence-corrected chi connectivity index (χ1v) is 13.4. The Morgan fingerprint density at radius 1 is 0.923 bits per heavy atom. The number of aliphatic carboxylic acids is 2. The van der Waals surface area contributed by atoms with E-state index in [-0.39, 0.29) is 5.91 Å². The summed E-state index contributed by atoms with van der Waals surface area (Å²) in [4.78, 5) is 38.7. The highest BCUT2D eigenvalue weighted by atomic mass is 16.5. The number of piperidine rings is 1. The number of amides is 1. The number of carbonyl (C=O) groups excluding carboxylic acids is 1. The summed E-state index contributed by atoms with van der Waals surface area (Å²) in [7, 11) is 1.71. The van der Waals surface area contributed by atoms with Crippen LogP contribution in [0, 0.1) is 0 Å². The lowest BCUT2D eigenvalue weighted by Crippen LogP contribution is -2.43. The van der Waals surface area contributed by atoms with Crippen molar-refractivity contribution in [3.8, 4) is 5.75 Å². The minimum atomic E-state index is -1.26. The van der Waals surface area contributed by atoms with Crippen LogP contribution < -0.4 is 9.64 Å². The van der Waals surface area contributed by atoms with Gasteiger partial charge in [0.2, 0.25) is 0 Å². The van der Waals surface area contributed by atoms with E-state index in [0.29, 0.717) is 18.2 Å². The smallest absolute Gasteiger partial charge is 0.328 e. The number of benzene rings is 2. The molecule has 0 spiro atoms. The lowest BCUT2D eigenvalue weighted by Gasteiger charge is -2.40. The van der Waals surface area contributed by atoms with E-state index in [1.807, 2.05) is 43.0 Å². The number of methoxy groups -OCH3 is 1. The van der Waals surface area contributed by atoms with Crippen LogP contribution in [0.4, 0.5) is 11.4 Å². The van der Waals surface area contributed by atoms with Crippen molar-refractivity contribution in [3.05, 3.63) is 66.2 Å². The highest BCUT2D eigenvalue weighted by Gasteiger charge is 2.26. The van der Waals surface area contributed by atoms with Crippen LogP contribution in [0.15, 0.2) is 60.7 Å². The zero-order chi connectivity index (χ0) is 28.8. The molecule has 1 saturated heterocycles. The summed E-state index contributed by atoms with van der Waals surface area (Å²) in [6.45, 7) is 11.2. The van der Waals surface area contributed by atoms with Gasteiger partial charge in [-0.3, -0.25) is 4.79 Å². The van der Waals surface area contributed by atoms with Gasteiger partial charge >= 0.3 is 11.9 Å². The first kappa shape index (κ1) is 31.4. The molecule has 9 heteroatoms. The zero-order valence-corrected chi connectivity index (χ0v) is 23.4. The van der Waals surface area contributed by atoms with Gasteiger partial charge in [-0.15, -0.1) is 0 Å². The number of nitrogens with zero attached hydrogens (tertiary/aromatic N) is 3. The minimum Gasteiger partial charge on any atom is -0.497 e. The molecule has 1 fully saturated rings. The number of hydrogen-bond acceptors (Lipinski definition) is 6. The summed E-state index contributed by atoms with van der Waals surface area (Å²) < 4.78 is 5.49. The van der Waals surface area contributed by atoms with Crippen molar-refractivity contribution < 1.29 is 29.3 Å². The maximum absolute atomic E-state index is 12.7. The number of rotatable bonds is 11. The maximum Gasteiger partial charge on any atom is 0.328 e. The van der Waals surface area contributed by atoms with Gasteiger partial charge < -0.3 is 29.6 Å². The predicted octanol–water partition coefficient (Wildman–Crippen LogP) is 4.90. The molecule has 1 aliphatic heterocycles. The third-order valence-electron chi connectivity index (χ3n) is 6.61.